The Labute approximate surface area is 149 Å². The van der Waals surface area contributed by atoms with Crippen molar-refractivity contribution in [2.24, 2.45) is 0 Å². The first-order chi connectivity index (χ1) is 11.6. The molecular weight excluding hydrogens is 370 g/mol. The second kappa shape index (κ2) is 7.50. The van der Waals surface area contributed by atoms with Crippen molar-refractivity contribution in [2.75, 3.05) is 39.8 Å². The number of aromatic carboxylic acids is 1. The molecule has 0 aromatic carbocycles. The lowest BCUT2D eigenvalue weighted by atomic mass is 10.3. The molecule has 0 bridgehead atoms. The van der Waals surface area contributed by atoms with Gasteiger partial charge in [-0.05, 0) is 6.07 Å². The zero-order valence-corrected chi connectivity index (χ0v) is 15.5. The fraction of sp³-hybridized carbons (Fsp3) is 0.500. The molecule has 0 aliphatic carbocycles. The van der Waals surface area contributed by atoms with Gasteiger partial charge in [-0.15, -0.1) is 11.3 Å². The normalized spacial score (nSPS) is 15.8. The second-order valence-corrected chi connectivity index (χ2v) is 8.70. The van der Waals surface area contributed by atoms with Crippen LogP contribution in [0.25, 0.3) is 0 Å². The number of likely N-dealkylation sites (N-methyl/N-ethyl adjacent to an activating group) is 1. The average Bonchev–Trinajstić information content (AvgIpc) is 3.05. The number of amides is 2. The summed E-state index contributed by atoms with van der Waals surface area (Å²) < 4.78 is 26.3. The van der Waals surface area contributed by atoms with E-state index in [-0.39, 0.29) is 54.3 Å². The fourth-order valence-corrected chi connectivity index (χ4v) is 5.01. The Morgan fingerprint density at radius 1 is 1.24 bits per heavy atom. The number of carboxylic acids is 1. The highest BCUT2D eigenvalue weighted by Crippen LogP contribution is 2.25. The molecule has 1 aromatic heterocycles. The molecule has 25 heavy (non-hydrogen) atoms. The molecule has 0 atom stereocenters. The maximum Gasteiger partial charge on any atom is 0.336 e. The lowest BCUT2D eigenvalue weighted by molar-refractivity contribution is -0.139. The van der Waals surface area contributed by atoms with Gasteiger partial charge >= 0.3 is 5.97 Å². The van der Waals surface area contributed by atoms with Crippen LogP contribution in [0.15, 0.2) is 15.7 Å². The van der Waals surface area contributed by atoms with E-state index in [1.807, 2.05) is 0 Å². The van der Waals surface area contributed by atoms with E-state index < -0.39 is 16.0 Å². The molecule has 1 aliphatic heterocycles. The minimum atomic E-state index is -3.77. The van der Waals surface area contributed by atoms with E-state index in [4.69, 9.17) is 5.11 Å². The molecule has 0 radical (unpaired) electrons. The van der Waals surface area contributed by atoms with Crippen LogP contribution in [-0.2, 0) is 19.6 Å². The number of carbonyl (C=O) groups is 3. The van der Waals surface area contributed by atoms with Crippen molar-refractivity contribution >= 4 is 39.1 Å². The lowest BCUT2D eigenvalue weighted by Gasteiger charge is -2.34. The molecule has 11 heteroatoms. The van der Waals surface area contributed by atoms with E-state index in [1.54, 1.807) is 0 Å². The van der Waals surface area contributed by atoms with Gasteiger partial charge in [0.15, 0.2) is 0 Å². The first-order valence-corrected chi connectivity index (χ1v) is 9.76. The van der Waals surface area contributed by atoms with Crippen LogP contribution < -0.4 is 0 Å². The smallest absolute Gasteiger partial charge is 0.336 e. The number of piperazine rings is 1. The topological polar surface area (TPSA) is 115 Å². The first-order valence-electron chi connectivity index (χ1n) is 7.44. The molecule has 0 unspecified atom stereocenters. The molecule has 0 spiro atoms. The molecule has 0 saturated carbocycles. The van der Waals surface area contributed by atoms with E-state index in [1.165, 1.54) is 33.5 Å². The molecule has 1 aromatic rings. The summed E-state index contributed by atoms with van der Waals surface area (Å²) in [6, 6.07) is 1.14. The zero-order chi connectivity index (χ0) is 18.8. The second-order valence-electron chi connectivity index (χ2n) is 5.62. The third-order valence-corrected chi connectivity index (χ3v) is 7.23. The highest BCUT2D eigenvalue weighted by Gasteiger charge is 2.31. The van der Waals surface area contributed by atoms with E-state index in [0.29, 0.717) is 0 Å². The van der Waals surface area contributed by atoms with Gasteiger partial charge in [0.2, 0.25) is 11.8 Å². The Kier molecular flexibility index (Phi) is 5.80. The summed E-state index contributed by atoms with van der Waals surface area (Å²) in [6.07, 6.45) is 0. The van der Waals surface area contributed by atoms with Crippen molar-refractivity contribution in [1.29, 1.82) is 0 Å². The van der Waals surface area contributed by atoms with Gasteiger partial charge in [-0.25, -0.2) is 13.2 Å². The molecule has 2 rings (SSSR count). The van der Waals surface area contributed by atoms with Gasteiger partial charge < -0.3 is 14.9 Å². The SMILES string of the molecule is CC(=O)N(C)CC(=O)N1CCN(S(=O)(=O)c2cc(C(=O)O)cs2)CC1. The molecule has 2 amide bonds. The molecule has 1 N–H and O–H groups in total. The Morgan fingerprint density at radius 2 is 1.84 bits per heavy atom. The van der Waals surface area contributed by atoms with Crippen LogP contribution >= 0.6 is 11.3 Å². The summed E-state index contributed by atoms with van der Waals surface area (Å²) in [7, 11) is -2.25. The minimum absolute atomic E-state index is 0.0269. The van der Waals surface area contributed by atoms with Crippen LogP contribution in [0.4, 0.5) is 0 Å². The summed E-state index contributed by atoms with van der Waals surface area (Å²) in [5, 5.41) is 10.2. The van der Waals surface area contributed by atoms with Crippen molar-refractivity contribution < 1.29 is 27.9 Å². The van der Waals surface area contributed by atoms with Gasteiger partial charge in [-0.1, -0.05) is 0 Å². The van der Waals surface area contributed by atoms with E-state index in [0.717, 1.165) is 17.4 Å². The van der Waals surface area contributed by atoms with Crippen molar-refractivity contribution in [3.8, 4) is 0 Å². The highest BCUT2D eigenvalue weighted by atomic mass is 32.2. The maximum absolute atomic E-state index is 12.6. The van der Waals surface area contributed by atoms with Crippen LogP contribution in [-0.4, -0.2) is 85.2 Å². The summed E-state index contributed by atoms with van der Waals surface area (Å²) in [4.78, 5) is 37.0. The van der Waals surface area contributed by atoms with Crippen LogP contribution in [0.2, 0.25) is 0 Å². The van der Waals surface area contributed by atoms with Gasteiger partial charge in [-0.2, -0.15) is 4.31 Å². The Morgan fingerprint density at radius 3 is 2.32 bits per heavy atom. The number of thiophene rings is 1. The van der Waals surface area contributed by atoms with Crippen LogP contribution in [0.1, 0.15) is 17.3 Å². The van der Waals surface area contributed by atoms with Crippen molar-refractivity contribution in [3.63, 3.8) is 0 Å². The Hall–Kier alpha value is -1.98. The van der Waals surface area contributed by atoms with Gasteiger partial charge in [0.1, 0.15) is 4.21 Å². The molecular formula is C14H19N3O6S2. The number of hydrogen-bond donors (Lipinski definition) is 1. The van der Waals surface area contributed by atoms with Crippen molar-refractivity contribution in [3.05, 3.63) is 17.0 Å². The number of hydrogen-bond acceptors (Lipinski definition) is 6. The molecule has 138 valence electrons. The largest absolute Gasteiger partial charge is 0.478 e. The van der Waals surface area contributed by atoms with Gasteiger partial charge in [-0.3, -0.25) is 9.59 Å². The molecule has 9 nitrogen and oxygen atoms in total. The standard InChI is InChI=1S/C14H19N3O6S2/c1-10(18)15(2)8-12(19)16-3-5-17(6-4-16)25(22,23)13-7-11(9-24-13)14(20)21/h7,9H,3-6,8H2,1-2H3,(H,20,21). The molecule has 1 aliphatic rings. The van der Waals surface area contributed by atoms with E-state index >= 15 is 0 Å². The first kappa shape index (κ1) is 19.3. The van der Waals surface area contributed by atoms with Gasteiger partial charge in [0, 0.05) is 45.5 Å². The predicted octanol–water partition coefficient (Wildman–Crippen LogP) is -0.242. The lowest BCUT2D eigenvalue weighted by Crippen LogP contribution is -2.52. The monoisotopic (exact) mass is 389 g/mol. The van der Waals surface area contributed by atoms with Crippen LogP contribution in [0.3, 0.4) is 0 Å². The number of nitrogens with zero attached hydrogens (tertiary/aromatic N) is 3. The quantitative estimate of drug-likeness (QED) is 0.743. The predicted molar refractivity (Wildman–Crippen MR) is 89.9 cm³/mol. The highest BCUT2D eigenvalue weighted by molar-refractivity contribution is 7.91. The van der Waals surface area contributed by atoms with Crippen LogP contribution in [0.5, 0.6) is 0 Å². The number of carbonyl (C=O) groups excluding carboxylic acids is 2. The molecule has 1 saturated heterocycles. The van der Waals surface area contributed by atoms with Gasteiger partial charge in [0.05, 0.1) is 12.1 Å². The fourth-order valence-electron chi connectivity index (χ4n) is 2.28. The summed E-state index contributed by atoms with van der Waals surface area (Å²) in [5.74, 6) is -1.64. The number of carboxylic acid groups (broad SMARTS) is 1. The third kappa shape index (κ3) is 4.35. The van der Waals surface area contributed by atoms with Crippen molar-refractivity contribution in [2.45, 2.75) is 11.1 Å². The number of rotatable bonds is 5. The zero-order valence-electron chi connectivity index (χ0n) is 13.8. The Balaban J connectivity index is 1.99. The third-order valence-electron chi connectivity index (χ3n) is 3.92. The van der Waals surface area contributed by atoms with E-state index in [2.05, 4.69) is 0 Å². The van der Waals surface area contributed by atoms with Crippen LogP contribution in [0, 0.1) is 0 Å². The molecule has 1 fully saturated rings. The van der Waals surface area contributed by atoms with Crippen molar-refractivity contribution in [1.82, 2.24) is 14.1 Å². The number of sulfonamides is 1. The molecule has 2 heterocycles. The minimum Gasteiger partial charge on any atom is -0.478 e. The maximum atomic E-state index is 12.6. The Bertz CT molecular complexity index is 780. The summed E-state index contributed by atoms with van der Waals surface area (Å²) in [5.41, 5.74) is -0.0651. The van der Waals surface area contributed by atoms with E-state index in [9.17, 15) is 22.8 Å². The summed E-state index contributed by atoms with van der Waals surface area (Å²) in [6.45, 7) is 2.01. The van der Waals surface area contributed by atoms with Gasteiger partial charge in [0.25, 0.3) is 10.0 Å². The average molecular weight is 389 g/mol. The summed E-state index contributed by atoms with van der Waals surface area (Å²) >= 11 is 0.862.